The summed E-state index contributed by atoms with van der Waals surface area (Å²) in [5.41, 5.74) is 3.05. The molecule has 110 valence electrons. The number of halogens is 1. The number of hydrogen-bond acceptors (Lipinski definition) is 3. The number of rotatable bonds is 3. The Hall–Kier alpha value is -1.81. The standard InChI is InChI=1S/C17H20FN3/c1-2-19-15-8-3-4-9-16-14(15)11-20-17(21-16)12-6-5-7-13(18)10-12/h5-7,10-11,15,19H,2-4,8-9H2,1H3. The van der Waals surface area contributed by atoms with Crippen LogP contribution in [0, 0.1) is 5.82 Å². The molecule has 3 nitrogen and oxygen atoms in total. The van der Waals surface area contributed by atoms with E-state index in [2.05, 4.69) is 17.2 Å². The summed E-state index contributed by atoms with van der Waals surface area (Å²) in [6.07, 6.45) is 6.37. The van der Waals surface area contributed by atoms with E-state index >= 15 is 0 Å². The van der Waals surface area contributed by atoms with Gasteiger partial charge in [-0.2, -0.15) is 0 Å². The Morgan fingerprint density at radius 2 is 2.24 bits per heavy atom. The average molecular weight is 285 g/mol. The van der Waals surface area contributed by atoms with Crippen molar-refractivity contribution < 1.29 is 4.39 Å². The van der Waals surface area contributed by atoms with Gasteiger partial charge in [-0.3, -0.25) is 0 Å². The molecule has 1 aromatic heterocycles. The van der Waals surface area contributed by atoms with E-state index in [1.165, 1.54) is 24.1 Å². The fraction of sp³-hybridized carbons (Fsp3) is 0.412. The maximum absolute atomic E-state index is 13.4. The van der Waals surface area contributed by atoms with Crippen LogP contribution in [0.15, 0.2) is 30.5 Å². The molecule has 0 radical (unpaired) electrons. The van der Waals surface area contributed by atoms with E-state index in [4.69, 9.17) is 4.98 Å². The van der Waals surface area contributed by atoms with Crippen LogP contribution in [0.3, 0.4) is 0 Å². The molecule has 0 spiro atoms. The van der Waals surface area contributed by atoms with Crippen molar-refractivity contribution >= 4 is 0 Å². The van der Waals surface area contributed by atoms with Crippen molar-refractivity contribution in [3.8, 4) is 11.4 Å². The van der Waals surface area contributed by atoms with Crippen molar-refractivity contribution in [1.29, 1.82) is 0 Å². The number of aromatic nitrogens is 2. The lowest BCUT2D eigenvalue weighted by Crippen LogP contribution is -2.21. The van der Waals surface area contributed by atoms with Gasteiger partial charge in [-0.25, -0.2) is 14.4 Å². The van der Waals surface area contributed by atoms with Crippen LogP contribution in [0.2, 0.25) is 0 Å². The minimum Gasteiger partial charge on any atom is -0.310 e. The van der Waals surface area contributed by atoms with Gasteiger partial charge in [0.2, 0.25) is 0 Å². The summed E-state index contributed by atoms with van der Waals surface area (Å²) in [6.45, 7) is 3.06. The zero-order valence-corrected chi connectivity index (χ0v) is 12.3. The zero-order valence-electron chi connectivity index (χ0n) is 12.3. The van der Waals surface area contributed by atoms with E-state index in [0.29, 0.717) is 11.9 Å². The van der Waals surface area contributed by atoms with Gasteiger partial charge in [-0.1, -0.05) is 25.5 Å². The van der Waals surface area contributed by atoms with E-state index in [-0.39, 0.29) is 5.82 Å². The molecule has 0 fully saturated rings. The molecule has 1 atom stereocenters. The van der Waals surface area contributed by atoms with Gasteiger partial charge in [-0.05, 0) is 37.9 Å². The molecule has 21 heavy (non-hydrogen) atoms. The first-order valence-corrected chi connectivity index (χ1v) is 7.63. The highest BCUT2D eigenvalue weighted by Gasteiger charge is 2.20. The molecule has 2 aromatic rings. The molecule has 0 saturated carbocycles. The molecule has 4 heteroatoms. The smallest absolute Gasteiger partial charge is 0.159 e. The second-order valence-electron chi connectivity index (χ2n) is 5.46. The number of nitrogens with one attached hydrogen (secondary N) is 1. The molecule has 0 bridgehead atoms. The largest absolute Gasteiger partial charge is 0.310 e. The average Bonchev–Trinajstić information content (AvgIpc) is 2.70. The monoisotopic (exact) mass is 285 g/mol. The maximum Gasteiger partial charge on any atom is 0.159 e. The van der Waals surface area contributed by atoms with Crippen molar-refractivity contribution in [2.75, 3.05) is 6.54 Å². The fourth-order valence-corrected chi connectivity index (χ4v) is 2.94. The number of nitrogens with zero attached hydrogens (tertiary/aromatic N) is 2. The second-order valence-corrected chi connectivity index (χ2v) is 5.46. The molecule has 0 aliphatic heterocycles. The van der Waals surface area contributed by atoms with Crippen LogP contribution in [0.4, 0.5) is 4.39 Å². The first kappa shape index (κ1) is 14.1. The van der Waals surface area contributed by atoms with Crippen molar-refractivity contribution in [2.45, 2.75) is 38.6 Å². The van der Waals surface area contributed by atoms with Crippen LogP contribution >= 0.6 is 0 Å². The SMILES string of the molecule is CCNC1CCCCc2nc(-c3cccc(F)c3)ncc21. The van der Waals surface area contributed by atoms with E-state index in [9.17, 15) is 4.39 Å². The summed E-state index contributed by atoms with van der Waals surface area (Å²) in [4.78, 5) is 9.16. The lowest BCUT2D eigenvalue weighted by molar-refractivity contribution is 0.502. The normalized spacial score (nSPS) is 18.1. The van der Waals surface area contributed by atoms with Crippen molar-refractivity contribution in [3.05, 3.63) is 47.5 Å². The lowest BCUT2D eigenvalue weighted by atomic mass is 10.0. The summed E-state index contributed by atoms with van der Waals surface area (Å²) in [5.74, 6) is 0.363. The fourth-order valence-electron chi connectivity index (χ4n) is 2.94. The summed E-state index contributed by atoms with van der Waals surface area (Å²) in [6, 6.07) is 6.81. The van der Waals surface area contributed by atoms with Crippen LogP contribution in [-0.4, -0.2) is 16.5 Å². The molecule has 1 aliphatic rings. The summed E-state index contributed by atoms with van der Waals surface area (Å²) in [5, 5.41) is 3.51. The number of fused-ring (bicyclic) bond motifs is 1. The van der Waals surface area contributed by atoms with Gasteiger partial charge in [0.25, 0.3) is 0 Å². The number of aryl methyl sites for hydroxylation is 1. The van der Waals surface area contributed by atoms with Crippen LogP contribution in [0.25, 0.3) is 11.4 Å². The molecule has 1 aliphatic carbocycles. The van der Waals surface area contributed by atoms with E-state index in [0.717, 1.165) is 37.1 Å². The maximum atomic E-state index is 13.4. The molecule has 0 saturated heterocycles. The highest BCUT2D eigenvalue weighted by Crippen LogP contribution is 2.28. The van der Waals surface area contributed by atoms with E-state index in [1.54, 1.807) is 6.07 Å². The Morgan fingerprint density at radius 3 is 3.05 bits per heavy atom. The highest BCUT2D eigenvalue weighted by molar-refractivity contribution is 5.55. The van der Waals surface area contributed by atoms with Crippen molar-refractivity contribution in [1.82, 2.24) is 15.3 Å². The minimum absolute atomic E-state index is 0.253. The predicted octanol–water partition coefficient (Wildman–Crippen LogP) is 3.66. The Balaban J connectivity index is 1.98. The lowest BCUT2D eigenvalue weighted by Gasteiger charge is -2.17. The molecule has 1 N–H and O–H groups in total. The third kappa shape index (κ3) is 3.10. The van der Waals surface area contributed by atoms with Crippen molar-refractivity contribution in [2.24, 2.45) is 0 Å². The van der Waals surface area contributed by atoms with Crippen LogP contribution in [-0.2, 0) is 6.42 Å². The van der Waals surface area contributed by atoms with Gasteiger partial charge in [0.15, 0.2) is 5.82 Å². The molecule has 1 aromatic carbocycles. The zero-order chi connectivity index (χ0) is 14.7. The van der Waals surface area contributed by atoms with Gasteiger partial charge in [-0.15, -0.1) is 0 Å². The molecular formula is C17H20FN3. The van der Waals surface area contributed by atoms with Gasteiger partial charge < -0.3 is 5.32 Å². The van der Waals surface area contributed by atoms with Gasteiger partial charge >= 0.3 is 0 Å². The molecule has 3 rings (SSSR count). The first-order chi connectivity index (χ1) is 10.3. The van der Waals surface area contributed by atoms with Crippen molar-refractivity contribution in [3.63, 3.8) is 0 Å². The van der Waals surface area contributed by atoms with Crippen LogP contribution in [0.1, 0.15) is 43.5 Å². The van der Waals surface area contributed by atoms with E-state index < -0.39 is 0 Å². The van der Waals surface area contributed by atoms with Gasteiger partial charge in [0, 0.05) is 29.1 Å². The predicted molar refractivity (Wildman–Crippen MR) is 81.4 cm³/mol. The molecule has 0 amide bonds. The third-order valence-corrected chi connectivity index (χ3v) is 3.97. The summed E-state index contributed by atoms with van der Waals surface area (Å²) >= 11 is 0. The molecular weight excluding hydrogens is 265 g/mol. The Morgan fingerprint density at radius 1 is 1.33 bits per heavy atom. The summed E-state index contributed by atoms with van der Waals surface area (Å²) in [7, 11) is 0. The second kappa shape index (κ2) is 6.31. The number of benzene rings is 1. The van der Waals surface area contributed by atoms with Gasteiger partial charge in [0.05, 0.1) is 0 Å². The Bertz CT molecular complexity index is 627. The first-order valence-electron chi connectivity index (χ1n) is 7.63. The minimum atomic E-state index is -0.253. The topological polar surface area (TPSA) is 37.8 Å². The van der Waals surface area contributed by atoms with Gasteiger partial charge in [0.1, 0.15) is 5.82 Å². The Kier molecular flexibility index (Phi) is 4.25. The van der Waals surface area contributed by atoms with Crippen LogP contribution < -0.4 is 5.32 Å². The van der Waals surface area contributed by atoms with Crippen LogP contribution in [0.5, 0.6) is 0 Å². The third-order valence-electron chi connectivity index (χ3n) is 3.97. The summed E-state index contributed by atoms with van der Waals surface area (Å²) < 4.78 is 13.4. The molecule has 1 unspecified atom stereocenters. The quantitative estimate of drug-likeness (QED) is 0.875. The Labute approximate surface area is 124 Å². The number of hydrogen-bond donors (Lipinski definition) is 1. The van der Waals surface area contributed by atoms with E-state index in [1.807, 2.05) is 12.3 Å². The highest BCUT2D eigenvalue weighted by atomic mass is 19.1. The molecule has 1 heterocycles.